The predicted molar refractivity (Wildman–Crippen MR) is 51.9 cm³/mol. The molecule has 0 aliphatic rings. The number of nitrogens with zero attached hydrogens (tertiary/aromatic N) is 4. The summed E-state index contributed by atoms with van der Waals surface area (Å²) in [7, 11) is 0.556. The number of rotatable bonds is 0. The first-order chi connectivity index (χ1) is 8.54. The third-order valence-electron chi connectivity index (χ3n) is 2.71. The van der Waals surface area contributed by atoms with Gasteiger partial charge in [0.25, 0.3) is 5.65 Å². The van der Waals surface area contributed by atoms with Gasteiger partial charge in [0.1, 0.15) is 0 Å². The van der Waals surface area contributed by atoms with E-state index in [0.29, 0.717) is 5.52 Å². The SMILES string of the molecule is Cc1n(C)c(=O)c2c(ncn2C)[n+]1C.[O-][Cl+3]([O-])([O-])[O-]. The normalized spacial score (nSPS) is 11.4. The molecule has 2 aromatic rings. The van der Waals surface area contributed by atoms with Crippen LogP contribution >= 0.6 is 0 Å². The van der Waals surface area contributed by atoms with Crippen LogP contribution in [0.3, 0.4) is 0 Å². The average molecular weight is 293 g/mol. The van der Waals surface area contributed by atoms with E-state index in [1.807, 2.05) is 25.6 Å². The molecular formula is C9H13ClN4O5. The molecule has 10 heteroatoms. The Hall–Kier alpha value is -1.52. The number of imidazole rings is 1. The van der Waals surface area contributed by atoms with Crippen LogP contribution in [-0.2, 0) is 21.1 Å². The monoisotopic (exact) mass is 292 g/mol. The van der Waals surface area contributed by atoms with Crippen LogP contribution in [0.5, 0.6) is 0 Å². The van der Waals surface area contributed by atoms with Gasteiger partial charge in [0.05, 0.1) is 14.1 Å². The summed E-state index contributed by atoms with van der Waals surface area (Å²) in [4.78, 5) is 16.1. The molecule has 0 fully saturated rings. The van der Waals surface area contributed by atoms with Crippen molar-refractivity contribution in [1.29, 1.82) is 0 Å². The number of aryl methyl sites for hydroxylation is 2. The summed E-state index contributed by atoms with van der Waals surface area (Å²) in [6, 6.07) is 0. The van der Waals surface area contributed by atoms with Crippen molar-refractivity contribution in [1.82, 2.24) is 14.1 Å². The van der Waals surface area contributed by atoms with Gasteiger partial charge in [0.2, 0.25) is 11.3 Å². The molecule has 0 radical (unpaired) electrons. The molecule has 2 heterocycles. The van der Waals surface area contributed by atoms with E-state index >= 15 is 0 Å². The lowest BCUT2D eigenvalue weighted by Gasteiger charge is -2.17. The zero-order valence-corrected chi connectivity index (χ0v) is 11.5. The van der Waals surface area contributed by atoms with Crippen molar-refractivity contribution in [2.75, 3.05) is 0 Å². The van der Waals surface area contributed by atoms with Crippen LogP contribution in [0, 0.1) is 17.2 Å². The Morgan fingerprint density at radius 1 is 1.26 bits per heavy atom. The van der Waals surface area contributed by atoms with Crippen molar-refractivity contribution in [3.05, 3.63) is 22.5 Å². The smallest absolute Gasteiger partial charge is 0.310 e. The highest BCUT2D eigenvalue weighted by Crippen LogP contribution is 2.01. The summed E-state index contributed by atoms with van der Waals surface area (Å²) >= 11 is 0. The van der Waals surface area contributed by atoms with Crippen LogP contribution in [0.4, 0.5) is 0 Å². The molecular weight excluding hydrogens is 280 g/mol. The topological polar surface area (TPSA) is 136 Å². The Kier molecular flexibility index (Phi) is 4.28. The Morgan fingerprint density at radius 3 is 2.21 bits per heavy atom. The Balaban J connectivity index is 0.000000312. The summed E-state index contributed by atoms with van der Waals surface area (Å²) < 4.78 is 39.3. The van der Waals surface area contributed by atoms with E-state index in [9.17, 15) is 4.79 Å². The lowest BCUT2D eigenvalue weighted by atomic mass is 10.4. The maximum Gasteiger partial charge on any atom is 0.337 e. The second-order valence-electron chi connectivity index (χ2n) is 3.88. The van der Waals surface area contributed by atoms with E-state index in [4.69, 9.17) is 18.6 Å². The van der Waals surface area contributed by atoms with Gasteiger partial charge in [-0.1, -0.05) is 4.98 Å². The van der Waals surface area contributed by atoms with Gasteiger partial charge in [-0.15, -0.1) is 10.2 Å². The lowest BCUT2D eigenvalue weighted by Crippen LogP contribution is -2.68. The van der Waals surface area contributed by atoms with Gasteiger partial charge >= 0.3 is 5.56 Å². The third kappa shape index (κ3) is 3.49. The molecule has 0 aliphatic heterocycles. The van der Waals surface area contributed by atoms with Crippen molar-refractivity contribution in [3.63, 3.8) is 0 Å². The fourth-order valence-corrected chi connectivity index (χ4v) is 1.59. The Bertz CT molecular complexity index is 651. The quantitative estimate of drug-likeness (QED) is 0.445. The average Bonchev–Trinajstić information content (AvgIpc) is 2.63. The first-order valence-electron chi connectivity index (χ1n) is 5.02. The molecule has 0 aromatic carbocycles. The number of fused-ring (bicyclic) bond motifs is 1. The van der Waals surface area contributed by atoms with Crippen molar-refractivity contribution in [2.24, 2.45) is 21.1 Å². The van der Waals surface area contributed by atoms with Crippen LogP contribution in [0.1, 0.15) is 5.82 Å². The molecule has 0 spiro atoms. The van der Waals surface area contributed by atoms with Gasteiger partial charge in [-0.25, -0.2) is 32.6 Å². The summed E-state index contributed by atoms with van der Waals surface area (Å²) in [5.41, 5.74) is 1.37. The van der Waals surface area contributed by atoms with E-state index in [2.05, 4.69) is 4.98 Å². The second-order valence-corrected chi connectivity index (χ2v) is 4.63. The van der Waals surface area contributed by atoms with Crippen LogP contribution in [0.2, 0.25) is 0 Å². The molecule has 0 amide bonds. The maximum absolute atomic E-state index is 11.9. The molecule has 0 bridgehead atoms. The van der Waals surface area contributed by atoms with Crippen molar-refractivity contribution in [3.8, 4) is 0 Å². The Labute approximate surface area is 110 Å². The van der Waals surface area contributed by atoms with Gasteiger partial charge in [0.15, 0.2) is 6.33 Å². The zero-order chi connectivity index (χ0) is 15.0. The fraction of sp³-hybridized carbons (Fsp3) is 0.444. The summed E-state index contributed by atoms with van der Waals surface area (Å²) in [5.74, 6) is 0.890. The molecule has 0 aliphatic carbocycles. The molecule has 106 valence electrons. The molecule has 9 nitrogen and oxygen atoms in total. The second kappa shape index (κ2) is 5.23. The van der Waals surface area contributed by atoms with Crippen LogP contribution in [-0.4, -0.2) is 14.1 Å². The Morgan fingerprint density at radius 2 is 1.74 bits per heavy atom. The maximum atomic E-state index is 11.9. The molecule has 0 unspecified atom stereocenters. The van der Waals surface area contributed by atoms with Gasteiger partial charge < -0.3 is 4.57 Å². The van der Waals surface area contributed by atoms with Gasteiger partial charge in [-0.2, -0.15) is 0 Å². The number of halogens is 1. The first-order valence-corrected chi connectivity index (χ1v) is 6.26. The van der Waals surface area contributed by atoms with E-state index in [0.717, 1.165) is 11.5 Å². The van der Waals surface area contributed by atoms with Crippen molar-refractivity contribution < 1.29 is 33.4 Å². The van der Waals surface area contributed by atoms with Crippen molar-refractivity contribution >= 4 is 11.2 Å². The molecule has 0 N–H and O–H groups in total. The molecule has 2 aromatic heterocycles. The van der Waals surface area contributed by atoms with Crippen LogP contribution in [0.15, 0.2) is 11.1 Å². The number of aromatic nitrogens is 4. The first kappa shape index (κ1) is 15.5. The van der Waals surface area contributed by atoms with Gasteiger partial charge in [-0.3, -0.25) is 0 Å². The predicted octanol–water partition coefficient (Wildman–Crippen LogP) is -5.35. The van der Waals surface area contributed by atoms with E-state index in [1.165, 1.54) is 0 Å². The summed E-state index contributed by atoms with van der Waals surface area (Å²) in [6.45, 7) is 1.90. The minimum absolute atomic E-state index is 0.00407. The minimum Gasteiger partial charge on any atom is -0.310 e. The highest BCUT2D eigenvalue weighted by atomic mass is 35.7. The van der Waals surface area contributed by atoms with Crippen LogP contribution < -0.4 is 28.8 Å². The number of hydrogen-bond donors (Lipinski definition) is 0. The van der Waals surface area contributed by atoms with Gasteiger partial charge in [-0.05, 0) is 0 Å². The van der Waals surface area contributed by atoms with E-state index < -0.39 is 10.2 Å². The van der Waals surface area contributed by atoms with Gasteiger partial charge in [0, 0.05) is 14.0 Å². The summed E-state index contributed by atoms with van der Waals surface area (Å²) in [5, 5.41) is 0. The fourth-order valence-electron chi connectivity index (χ4n) is 1.59. The third-order valence-corrected chi connectivity index (χ3v) is 2.71. The highest BCUT2D eigenvalue weighted by molar-refractivity contribution is 5.65. The molecule has 0 atom stereocenters. The largest absolute Gasteiger partial charge is 0.337 e. The molecule has 19 heavy (non-hydrogen) atoms. The standard InChI is InChI=1S/C9H13N4O.ClHO4/c1-6-12(3)8-7(9(14)13(6)4)11(2)5-10-8;2-1(3,4)5/h5H,1-4H3;(H,2,3,4,5)/q+1;/p-1. The molecule has 0 saturated heterocycles. The zero-order valence-electron chi connectivity index (χ0n) is 10.8. The van der Waals surface area contributed by atoms with Crippen LogP contribution in [0.25, 0.3) is 11.2 Å². The number of hydrogen-bond acceptors (Lipinski definition) is 6. The van der Waals surface area contributed by atoms with E-state index in [-0.39, 0.29) is 5.56 Å². The minimum atomic E-state index is -4.94. The highest BCUT2D eigenvalue weighted by Gasteiger charge is 2.18. The summed E-state index contributed by atoms with van der Waals surface area (Å²) in [6.07, 6.45) is 1.66. The van der Waals surface area contributed by atoms with Crippen molar-refractivity contribution in [2.45, 2.75) is 6.92 Å². The van der Waals surface area contributed by atoms with E-state index in [1.54, 1.807) is 22.5 Å². The lowest BCUT2D eigenvalue weighted by molar-refractivity contribution is -2.00. The molecule has 2 rings (SSSR count). The molecule has 0 saturated carbocycles.